The summed E-state index contributed by atoms with van der Waals surface area (Å²) in [6.45, 7) is 3.07. The van der Waals surface area contributed by atoms with E-state index in [2.05, 4.69) is 18.3 Å². The SMILES string of the molecule is CCNC(CC1=CCCCC1)c1c(OC)cccc1OC. The molecule has 21 heavy (non-hydrogen) atoms. The number of allylic oxidation sites excluding steroid dienone is 1. The number of rotatable bonds is 7. The molecule has 1 unspecified atom stereocenters. The van der Waals surface area contributed by atoms with Gasteiger partial charge in [0.05, 0.1) is 19.8 Å². The predicted molar refractivity (Wildman–Crippen MR) is 87.1 cm³/mol. The first-order valence-electron chi connectivity index (χ1n) is 7.92. The van der Waals surface area contributed by atoms with Gasteiger partial charge in [0.2, 0.25) is 0 Å². The van der Waals surface area contributed by atoms with Crippen molar-refractivity contribution in [2.45, 2.75) is 45.1 Å². The second kappa shape index (κ2) is 8.08. The summed E-state index contributed by atoms with van der Waals surface area (Å²) in [4.78, 5) is 0. The maximum atomic E-state index is 5.56. The molecular weight excluding hydrogens is 262 g/mol. The van der Waals surface area contributed by atoms with E-state index in [9.17, 15) is 0 Å². The second-order valence-electron chi connectivity index (χ2n) is 5.50. The fraction of sp³-hybridized carbons (Fsp3) is 0.556. The van der Waals surface area contributed by atoms with Crippen molar-refractivity contribution in [2.75, 3.05) is 20.8 Å². The second-order valence-corrected chi connectivity index (χ2v) is 5.50. The molecule has 1 aromatic rings. The molecule has 116 valence electrons. The molecule has 0 heterocycles. The summed E-state index contributed by atoms with van der Waals surface area (Å²) in [7, 11) is 3.45. The average molecular weight is 289 g/mol. The number of ether oxygens (including phenoxy) is 2. The molecule has 0 saturated heterocycles. The molecular formula is C18H27NO2. The van der Waals surface area contributed by atoms with Crippen LogP contribution in [0.4, 0.5) is 0 Å². The van der Waals surface area contributed by atoms with Gasteiger partial charge in [-0.05, 0) is 50.8 Å². The fourth-order valence-corrected chi connectivity index (χ4v) is 3.10. The van der Waals surface area contributed by atoms with Crippen LogP contribution in [-0.4, -0.2) is 20.8 Å². The number of benzene rings is 1. The lowest BCUT2D eigenvalue weighted by Gasteiger charge is -2.25. The van der Waals surface area contributed by atoms with Gasteiger partial charge in [-0.1, -0.05) is 24.6 Å². The largest absolute Gasteiger partial charge is 0.496 e. The fourth-order valence-electron chi connectivity index (χ4n) is 3.10. The van der Waals surface area contributed by atoms with E-state index in [1.165, 1.54) is 25.7 Å². The minimum atomic E-state index is 0.241. The summed E-state index contributed by atoms with van der Waals surface area (Å²) in [5.74, 6) is 1.80. The Hall–Kier alpha value is -1.48. The van der Waals surface area contributed by atoms with Gasteiger partial charge in [-0.2, -0.15) is 0 Å². The highest BCUT2D eigenvalue weighted by molar-refractivity contribution is 5.47. The topological polar surface area (TPSA) is 30.5 Å². The van der Waals surface area contributed by atoms with Crippen LogP contribution in [0.2, 0.25) is 0 Å². The van der Waals surface area contributed by atoms with Crippen molar-refractivity contribution in [2.24, 2.45) is 0 Å². The van der Waals surface area contributed by atoms with Crippen molar-refractivity contribution in [1.29, 1.82) is 0 Å². The van der Waals surface area contributed by atoms with Crippen molar-refractivity contribution in [3.8, 4) is 11.5 Å². The van der Waals surface area contributed by atoms with Crippen LogP contribution in [0.25, 0.3) is 0 Å². The van der Waals surface area contributed by atoms with Crippen LogP contribution in [0, 0.1) is 0 Å². The highest BCUT2D eigenvalue weighted by Gasteiger charge is 2.21. The highest BCUT2D eigenvalue weighted by Crippen LogP contribution is 2.38. The maximum Gasteiger partial charge on any atom is 0.127 e. The lowest BCUT2D eigenvalue weighted by molar-refractivity contribution is 0.369. The molecule has 0 saturated carbocycles. The van der Waals surface area contributed by atoms with E-state index in [1.807, 2.05) is 18.2 Å². The van der Waals surface area contributed by atoms with Gasteiger partial charge in [0.1, 0.15) is 11.5 Å². The zero-order valence-electron chi connectivity index (χ0n) is 13.4. The first kappa shape index (κ1) is 15.9. The molecule has 1 aliphatic rings. The van der Waals surface area contributed by atoms with Crippen LogP contribution in [0.1, 0.15) is 50.6 Å². The Kier molecular flexibility index (Phi) is 6.12. The van der Waals surface area contributed by atoms with Crippen LogP contribution in [0.15, 0.2) is 29.8 Å². The monoisotopic (exact) mass is 289 g/mol. The minimum absolute atomic E-state index is 0.241. The van der Waals surface area contributed by atoms with Crippen molar-refractivity contribution in [1.82, 2.24) is 5.32 Å². The van der Waals surface area contributed by atoms with Crippen molar-refractivity contribution < 1.29 is 9.47 Å². The standard InChI is InChI=1S/C18H27NO2/c1-4-19-15(13-14-9-6-5-7-10-14)18-16(20-2)11-8-12-17(18)21-3/h8-9,11-12,15,19H,4-7,10,13H2,1-3H3. The number of hydrogen-bond donors (Lipinski definition) is 1. The average Bonchev–Trinajstić information content (AvgIpc) is 2.54. The summed E-state index contributed by atoms with van der Waals surface area (Å²) in [6.07, 6.45) is 8.53. The predicted octanol–water partition coefficient (Wildman–Crippen LogP) is 4.24. The lowest BCUT2D eigenvalue weighted by atomic mass is 9.90. The van der Waals surface area contributed by atoms with E-state index in [-0.39, 0.29) is 6.04 Å². The quantitative estimate of drug-likeness (QED) is 0.761. The molecule has 1 N–H and O–H groups in total. The molecule has 3 heteroatoms. The summed E-state index contributed by atoms with van der Waals surface area (Å²) in [5, 5.41) is 3.59. The Morgan fingerprint density at radius 1 is 1.14 bits per heavy atom. The van der Waals surface area contributed by atoms with Crippen LogP contribution in [0.3, 0.4) is 0 Å². The lowest BCUT2D eigenvalue weighted by Crippen LogP contribution is -2.23. The summed E-state index contributed by atoms with van der Waals surface area (Å²) in [5.41, 5.74) is 2.69. The summed E-state index contributed by atoms with van der Waals surface area (Å²) in [6, 6.07) is 6.24. The van der Waals surface area contributed by atoms with Gasteiger partial charge in [-0.3, -0.25) is 0 Å². The van der Waals surface area contributed by atoms with Crippen molar-refractivity contribution in [3.63, 3.8) is 0 Å². The van der Waals surface area contributed by atoms with Gasteiger partial charge < -0.3 is 14.8 Å². The summed E-state index contributed by atoms with van der Waals surface area (Å²) >= 11 is 0. The van der Waals surface area contributed by atoms with Crippen LogP contribution in [-0.2, 0) is 0 Å². The van der Waals surface area contributed by atoms with Gasteiger partial charge in [0.25, 0.3) is 0 Å². The molecule has 1 aromatic carbocycles. The Bertz CT molecular complexity index is 460. The van der Waals surface area contributed by atoms with Gasteiger partial charge >= 0.3 is 0 Å². The van der Waals surface area contributed by atoms with E-state index in [0.717, 1.165) is 30.0 Å². The smallest absolute Gasteiger partial charge is 0.127 e. The molecule has 0 aromatic heterocycles. The number of methoxy groups -OCH3 is 2. The van der Waals surface area contributed by atoms with Crippen LogP contribution < -0.4 is 14.8 Å². The number of hydrogen-bond acceptors (Lipinski definition) is 3. The zero-order chi connectivity index (χ0) is 15.1. The summed E-state index contributed by atoms with van der Waals surface area (Å²) < 4.78 is 11.1. The Morgan fingerprint density at radius 2 is 1.86 bits per heavy atom. The third-order valence-corrected chi connectivity index (χ3v) is 4.12. The highest BCUT2D eigenvalue weighted by atomic mass is 16.5. The molecule has 1 atom stereocenters. The molecule has 1 aliphatic carbocycles. The Labute approximate surface area is 128 Å². The molecule has 0 amide bonds. The minimum Gasteiger partial charge on any atom is -0.496 e. The van der Waals surface area contributed by atoms with Crippen molar-refractivity contribution in [3.05, 3.63) is 35.4 Å². The van der Waals surface area contributed by atoms with E-state index in [4.69, 9.17) is 9.47 Å². The molecule has 3 nitrogen and oxygen atoms in total. The maximum absolute atomic E-state index is 5.56. The Morgan fingerprint density at radius 3 is 2.38 bits per heavy atom. The molecule has 2 rings (SSSR count). The van der Waals surface area contributed by atoms with E-state index < -0.39 is 0 Å². The molecule has 0 aliphatic heterocycles. The van der Waals surface area contributed by atoms with Gasteiger partial charge in [0, 0.05) is 6.04 Å². The number of nitrogens with one attached hydrogen (secondary N) is 1. The third kappa shape index (κ3) is 4.01. The molecule has 0 bridgehead atoms. The van der Waals surface area contributed by atoms with Gasteiger partial charge in [0.15, 0.2) is 0 Å². The van der Waals surface area contributed by atoms with E-state index >= 15 is 0 Å². The first-order valence-corrected chi connectivity index (χ1v) is 7.92. The molecule has 0 spiro atoms. The van der Waals surface area contributed by atoms with Gasteiger partial charge in [-0.15, -0.1) is 0 Å². The van der Waals surface area contributed by atoms with Crippen LogP contribution in [0.5, 0.6) is 11.5 Å². The van der Waals surface area contributed by atoms with Gasteiger partial charge in [-0.25, -0.2) is 0 Å². The normalized spacial score (nSPS) is 16.2. The van der Waals surface area contributed by atoms with Crippen LogP contribution >= 0.6 is 0 Å². The molecule has 0 fully saturated rings. The van der Waals surface area contributed by atoms with E-state index in [1.54, 1.807) is 19.8 Å². The first-order chi connectivity index (χ1) is 10.3. The Balaban J connectivity index is 2.30. The molecule has 0 radical (unpaired) electrons. The zero-order valence-corrected chi connectivity index (χ0v) is 13.4. The van der Waals surface area contributed by atoms with Crippen molar-refractivity contribution >= 4 is 0 Å². The van der Waals surface area contributed by atoms with E-state index in [0.29, 0.717) is 0 Å². The third-order valence-electron chi connectivity index (χ3n) is 4.12.